The number of rotatable bonds is 8. The highest BCUT2D eigenvalue weighted by atomic mass is 15.1. The molecule has 0 radical (unpaired) electrons. The van der Waals surface area contributed by atoms with Crippen LogP contribution in [0.15, 0.2) is 224 Å². The van der Waals surface area contributed by atoms with E-state index in [4.69, 9.17) is 0 Å². The van der Waals surface area contributed by atoms with Crippen molar-refractivity contribution in [2.24, 2.45) is 0 Å². The van der Waals surface area contributed by atoms with E-state index in [1.54, 1.807) is 0 Å². The highest BCUT2D eigenvalue weighted by Crippen LogP contribution is 2.47. The topological polar surface area (TPSA) is 3.24 Å². The van der Waals surface area contributed by atoms with Gasteiger partial charge in [0.2, 0.25) is 0 Å². The number of hydrogen-bond acceptors (Lipinski definition) is 1. The monoisotopic (exact) mass is 675 g/mol. The number of benzene rings is 9. The Bertz CT molecular complexity index is 2640. The maximum atomic E-state index is 2.43. The van der Waals surface area contributed by atoms with Gasteiger partial charge in [0.25, 0.3) is 0 Å². The van der Waals surface area contributed by atoms with E-state index in [0.29, 0.717) is 0 Å². The fourth-order valence-corrected chi connectivity index (χ4v) is 7.54. The summed E-state index contributed by atoms with van der Waals surface area (Å²) in [6, 6.07) is 80.9. The Morgan fingerprint density at radius 2 is 0.717 bits per heavy atom. The lowest BCUT2D eigenvalue weighted by Crippen LogP contribution is -2.12. The Balaban J connectivity index is 1.29. The predicted molar refractivity (Wildman–Crippen MR) is 226 cm³/mol. The number of hydrogen-bond donors (Lipinski definition) is 0. The first kappa shape index (κ1) is 32.0. The molecule has 0 aromatic heterocycles. The van der Waals surface area contributed by atoms with Crippen LogP contribution in [0.5, 0.6) is 0 Å². The molecule has 0 aliphatic heterocycles. The van der Waals surface area contributed by atoms with Crippen LogP contribution >= 0.6 is 0 Å². The van der Waals surface area contributed by atoms with E-state index >= 15 is 0 Å². The van der Waals surface area contributed by atoms with E-state index in [1.165, 1.54) is 60.8 Å². The lowest BCUT2D eigenvalue weighted by molar-refractivity contribution is 1.30. The summed E-state index contributed by atoms with van der Waals surface area (Å²) in [5, 5.41) is 2.41. The zero-order valence-corrected chi connectivity index (χ0v) is 29.3. The van der Waals surface area contributed by atoms with Crippen LogP contribution in [0.2, 0.25) is 0 Å². The van der Waals surface area contributed by atoms with Crippen molar-refractivity contribution in [1.29, 1.82) is 0 Å². The van der Waals surface area contributed by atoms with Gasteiger partial charge in [-0.2, -0.15) is 0 Å². The SMILES string of the molecule is c1ccc(-c2ccc(N(c3ccccc3-c3ccc(-c4ccccc4)cc3-c3ccccc3-c3ccccc3)c3cccc4ccccc34)cc2)cc1. The Labute approximate surface area is 311 Å². The number of nitrogens with zero attached hydrogens (tertiary/aromatic N) is 1. The summed E-state index contributed by atoms with van der Waals surface area (Å²) in [4.78, 5) is 2.43. The number of para-hydroxylation sites is 1. The maximum Gasteiger partial charge on any atom is 0.0540 e. The van der Waals surface area contributed by atoms with Gasteiger partial charge in [0.15, 0.2) is 0 Å². The molecule has 0 unspecified atom stereocenters. The van der Waals surface area contributed by atoms with Crippen LogP contribution in [0.4, 0.5) is 17.1 Å². The van der Waals surface area contributed by atoms with Crippen molar-refractivity contribution in [1.82, 2.24) is 0 Å². The van der Waals surface area contributed by atoms with E-state index < -0.39 is 0 Å². The molecule has 0 saturated carbocycles. The molecule has 9 rings (SSSR count). The second-order valence-corrected chi connectivity index (χ2v) is 13.3. The van der Waals surface area contributed by atoms with E-state index in [-0.39, 0.29) is 0 Å². The molecular weight excluding hydrogens is 639 g/mol. The van der Waals surface area contributed by atoms with Crippen LogP contribution in [-0.2, 0) is 0 Å². The van der Waals surface area contributed by atoms with Crippen LogP contribution in [0.3, 0.4) is 0 Å². The fourth-order valence-electron chi connectivity index (χ4n) is 7.54. The molecule has 0 aliphatic rings. The quantitative estimate of drug-likeness (QED) is 0.155. The standard InChI is InChI=1S/C52H37N/c1-4-17-38(18-5-1)40-31-34-44(35-32-40)53(51-30-16-24-42-23-10-11-26-46(42)51)52-29-15-14-28-49(52)48-36-33-43(39-19-6-2-7-20-39)37-50(48)47-27-13-12-25-45(47)41-21-8-3-9-22-41/h1-37H. The summed E-state index contributed by atoms with van der Waals surface area (Å²) in [5.41, 5.74) is 15.3. The third-order valence-electron chi connectivity index (χ3n) is 10.1. The molecule has 0 aliphatic carbocycles. The molecule has 0 amide bonds. The van der Waals surface area contributed by atoms with Crippen molar-refractivity contribution in [2.45, 2.75) is 0 Å². The minimum atomic E-state index is 1.10. The summed E-state index contributed by atoms with van der Waals surface area (Å²) in [6.45, 7) is 0. The summed E-state index contributed by atoms with van der Waals surface area (Å²) in [5.74, 6) is 0. The fraction of sp³-hybridized carbons (Fsp3) is 0. The van der Waals surface area contributed by atoms with Gasteiger partial charge >= 0.3 is 0 Å². The van der Waals surface area contributed by atoms with E-state index in [9.17, 15) is 0 Å². The first-order chi connectivity index (χ1) is 26.3. The van der Waals surface area contributed by atoms with Gasteiger partial charge < -0.3 is 4.90 Å². The van der Waals surface area contributed by atoms with Gasteiger partial charge in [-0.15, -0.1) is 0 Å². The second-order valence-electron chi connectivity index (χ2n) is 13.3. The number of fused-ring (bicyclic) bond motifs is 1. The average molecular weight is 676 g/mol. The largest absolute Gasteiger partial charge is 0.309 e. The van der Waals surface area contributed by atoms with Gasteiger partial charge in [0.1, 0.15) is 0 Å². The molecule has 0 spiro atoms. The van der Waals surface area contributed by atoms with Crippen molar-refractivity contribution in [3.05, 3.63) is 224 Å². The molecule has 53 heavy (non-hydrogen) atoms. The van der Waals surface area contributed by atoms with Crippen molar-refractivity contribution < 1.29 is 0 Å². The van der Waals surface area contributed by atoms with E-state index in [1.807, 2.05) is 0 Å². The molecule has 0 saturated heterocycles. The third kappa shape index (κ3) is 6.30. The lowest BCUT2D eigenvalue weighted by atomic mass is 9.86. The van der Waals surface area contributed by atoms with Gasteiger partial charge in [-0.05, 0) is 85.8 Å². The van der Waals surface area contributed by atoms with E-state index in [2.05, 4.69) is 229 Å². The Kier molecular flexibility index (Phi) is 8.66. The average Bonchev–Trinajstić information content (AvgIpc) is 3.25. The van der Waals surface area contributed by atoms with Crippen LogP contribution in [-0.4, -0.2) is 0 Å². The highest BCUT2D eigenvalue weighted by molar-refractivity contribution is 6.03. The Morgan fingerprint density at radius 3 is 1.43 bits per heavy atom. The zero-order chi connectivity index (χ0) is 35.4. The van der Waals surface area contributed by atoms with Gasteiger partial charge in [0.05, 0.1) is 11.4 Å². The molecule has 1 nitrogen and oxygen atoms in total. The molecular formula is C52H37N. The molecule has 9 aromatic carbocycles. The Morgan fingerprint density at radius 1 is 0.245 bits per heavy atom. The minimum absolute atomic E-state index is 1.10. The molecule has 0 N–H and O–H groups in total. The van der Waals surface area contributed by atoms with Gasteiger partial charge in [-0.25, -0.2) is 0 Å². The van der Waals surface area contributed by atoms with Crippen molar-refractivity contribution in [3.63, 3.8) is 0 Å². The summed E-state index contributed by atoms with van der Waals surface area (Å²) < 4.78 is 0. The van der Waals surface area contributed by atoms with Crippen LogP contribution in [0.25, 0.3) is 66.4 Å². The number of anilines is 3. The second kappa shape index (κ2) is 14.3. The third-order valence-corrected chi connectivity index (χ3v) is 10.1. The molecule has 0 fully saturated rings. The van der Waals surface area contributed by atoms with Crippen molar-refractivity contribution in [2.75, 3.05) is 4.90 Å². The maximum absolute atomic E-state index is 2.43. The predicted octanol–water partition coefficient (Wildman–Crippen LogP) is 14.6. The molecule has 0 atom stereocenters. The normalized spacial score (nSPS) is 11.0. The summed E-state index contributed by atoms with van der Waals surface area (Å²) in [6.07, 6.45) is 0. The van der Waals surface area contributed by atoms with E-state index in [0.717, 1.165) is 22.6 Å². The van der Waals surface area contributed by atoms with Crippen molar-refractivity contribution >= 4 is 27.8 Å². The molecule has 1 heteroatoms. The molecule has 250 valence electrons. The molecule has 0 heterocycles. The smallest absolute Gasteiger partial charge is 0.0540 e. The first-order valence-electron chi connectivity index (χ1n) is 18.2. The van der Waals surface area contributed by atoms with Crippen LogP contribution in [0.1, 0.15) is 0 Å². The summed E-state index contributed by atoms with van der Waals surface area (Å²) in [7, 11) is 0. The molecule has 0 bridgehead atoms. The molecule has 9 aromatic rings. The zero-order valence-electron chi connectivity index (χ0n) is 29.3. The van der Waals surface area contributed by atoms with Gasteiger partial charge in [-0.1, -0.05) is 194 Å². The lowest BCUT2D eigenvalue weighted by Gasteiger charge is -2.30. The Hall–Kier alpha value is -6.96. The van der Waals surface area contributed by atoms with Crippen LogP contribution < -0.4 is 4.90 Å². The van der Waals surface area contributed by atoms with Gasteiger partial charge in [0, 0.05) is 16.6 Å². The first-order valence-corrected chi connectivity index (χ1v) is 18.2. The van der Waals surface area contributed by atoms with Crippen LogP contribution in [0, 0.1) is 0 Å². The van der Waals surface area contributed by atoms with Gasteiger partial charge in [-0.3, -0.25) is 0 Å². The summed E-state index contributed by atoms with van der Waals surface area (Å²) >= 11 is 0. The highest BCUT2D eigenvalue weighted by Gasteiger charge is 2.22. The minimum Gasteiger partial charge on any atom is -0.309 e. The van der Waals surface area contributed by atoms with Crippen molar-refractivity contribution in [3.8, 4) is 55.6 Å².